The van der Waals surface area contributed by atoms with Crippen LogP contribution >= 0.6 is 43.2 Å². The van der Waals surface area contributed by atoms with Crippen LogP contribution in [-0.2, 0) is 13.5 Å². The Morgan fingerprint density at radius 2 is 2.15 bits per heavy atom. The molecule has 2 heterocycles. The number of hydrogen-bond acceptors (Lipinski definition) is 3. The van der Waals surface area contributed by atoms with Crippen LogP contribution in [0.25, 0.3) is 0 Å². The van der Waals surface area contributed by atoms with E-state index in [-0.39, 0.29) is 0 Å². The zero-order chi connectivity index (χ0) is 14.7. The highest BCUT2D eigenvalue weighted by molar-refractivity contribution is 9.11. The van der Waals surface area contributed by atoms with Crippen LogP contribution in [0.4, 0.5) is 0 Å². The summed E-state index contributed by atoms with van der Waals surface area (Å²) < 4.78 is 4.28. The van der Waals surface area contributed by atoms with Crippen molar-refractivity contribution < 1.29 is 0 Å². The predicted octanol–water partition coefficient (Wildman–Crippen LogP) is 4.60. The Morgan fingerprint density at radius 3 is 2.65 bits per heavy atom. The topological polar surface area (TPSA) is 29.9 Å². The molecule has 0 saturated heterocycles. The molecule has 1 N–H and O–H groups in total. The van der Waals surface area contributed by atoms with Gasteiger partial charge in [0.05, 0.1) is 19.6 Å². The van der Waals surface area contributed by atoms with Crippen molar-refractivity contribution in [1.29, 1.82) is 0 Å². The van der Waals surface area contributed by atoms with Crippen LogP contribution in [0.1, 0.15) is 35.7 Å². The first-order valence-electron chi connectivity index (χ1n) is 6.69. The second-order valence-corrected chi connectivity index (χ2v) is 8.11. The molecular weight excluding hydrogens is 402 g/mol. The third-order valence-electron chi connectivity index (χ3n) is 3.24. The van der Waals surface area contributed by atoms with E-state index in [4.69, 9.17) is 0 Å². The first-order chi connectivity index (χ1) is 9.52. The molecule has 0 radical (unpaired) electrons. The van der Waals surface area contributed by atoms with Crippen LogP contribution < -0.4 is 5.32 Å². The summed E-state index contributed by atoms with van der Waals surface area (Å²) in [6.07, 6.45) is 2.07. The van der Waals surface area contributed by atoms with Gasteiger partial charge in [-0.05, 0) is 63.9 Å². The minimum Gasteiger partial charge on any atom is -0.309 e. The van der Waals surface area contributed by atoms with Gasteiger partial charge in [-0.2, -0.15) is 5.10 Å². The van der Waals surface area contributed by atoms with Gasteiger partial charge in [0, 0.05) is 24.4 Å². The molecule has 2 aromatic heterocycles. The molecule has 0 spiro atoms. The average molecular weight is 421 g/mol. The lowest BCUT2D eigenvalue weighted by Crippen LogP contribution is -2.24. The fourth-order valence-electron chi connectivity index (χ4n) is 2.20. The molecule has 0 aliphatic carbocycles. The van der Waals surface area contributed by atoms with Crippen LogP contribution in [0.15, 0.2) is 20.4 Å². The van der Waals surface area contributed by atoms with E-state index in [1.807, 2.05) is 18.7 Å². The number of nitrogens with zero attached hydrogens (tertiary/aromatic N) is 2. The first-order valence-corrected chi connectivity index (χ1v) is 9.09. The third-order valence-corrected chi connectivity index (χ3v) is 6.01. The maximum absolute atomic E-state index is 4.48. The molecule has 0 bridgehead atoms. The van der Waals surface area contributed by atoms with Crippen molar-refractivity contribution in [3.8, 4) is 0 Å². The van der Waals surface area contributed by atoms with Gasteiger partial charge in [0.15, 0.2) is 0 Å². The van der Waals surface area contributed by atoms with E-state index in [1.165, 1.54) is 14.4 Å². The molecule has 0 saturated carbocycles. The van der Waals surface area contributed by atoms with Crippen LogP contribution in [0, 0.1) is 6.92 Å². The summed E-state index contributed by atoms with van der Waals surface area (Å²) in [6.45, 7) is 5.25. The van der Waals surface area contributed by atoms with Gasteiger partial charge in [0.2, 0.25) is 0 Å². The van der Waals surface area contributed by atoms with E-state index in [0.29, 0.717) is 6.04 Å². The summed E-state index contributed by atoms with van der Waals surface area (Å²) in [4.78, 5) is 1.36. The Hall–Kier alpha value is -0.170. The quantitative estimate of drug-likeness (QED) is 0.739. The fourth-order valence-corrected chi connectivity index (χ4v) is 4.20. The highest BCUT2D eigenvalue weighted by Crippen LogP contribution is 2.31. The van der Waals surface area contributed by atoms with E-state index >= 15 is 0 Å². The fraction of sp³-hybridized carbons (Fsp3) is 0.500. The highest BCUT2D eigenvalue weighted by Gasteiger charge is 2.19. The Balaban J connectivity index is 2.23. The smallest absolute Gasteiger partial charge is 0.0738 e. The Kier molecular flexibility index (Phi) is 5.84. The minimum atomic E-state index is 0.331. The first kappa shape index (κ1) is 16.2. The van der Waals surface area contributed by atoms with Crippen molar-refractivity contribution in [2.24, 2.45) is 7.05 Å². The van der Waals surface area contributed by atoms with E-state index < -0.39 is 0 Å². The number of nitrogens with one attached hydrogen (secondary N) is 1. The third kappa shape index (κ3) is 3.72. The molecule has 1 unspecified atom stereocenters. The van der Waals surface area contributed by atoms with Gasteiger partial charge < -0.3 is 5.32 Å². The second kappa shape index (κ2) is 7.20. The van der Waals surface area contributed by atoms with E-state index in [2.05, 4.69) is 61.3 Å². The molecule has 2 rings (SSSR count). The molecule has 0 aliphatic heterocycles. The van der Waals surface area contributed by atoms with Gasteiger partial charge in [0.1, 0.15) is 0 Å². The summed E-state index contributed by atoms with van der Waals surface area (Å²) in [6, 6.07) is 4.64. The summed E-state index contributed by atoms with van der Waals surface area (Å²) in [5.41, 5.74) is 2.28. The summed E-state index contributed by atoms with van der Waals surface area (Å²) >= 11 is 9.00. The Labute approximate surface area is 141 Å². The number of halogens is 2. The largest absolute Gasteiger partial charge is 0.309 e. The predicted molar refractivity (Wildman–Crippen MR) is 92.4 cm³/mol. The zero-order valence-electron chi connectivity index (χ0n) is 11.9. The molecule has 0 fully saturated rings. The summed E-state index contributed by atoms with van der Waals surface area (Å²) in [7, 11) is 2.01. The molecule has 0 aliphatic rings. The van der Waals surface area contributed by atoms with Gasteiger partial charge in [-0.3, -0.25) is 4.68 Å². The molecule has 1 atom stereocenters. The lowest BCUT2D eigenvalue weighted by molar-refractivity contribution is 0.518. The maximum atomic E-state index is 4.48. The molecule has 6 heteroatoms. The molecule has 20 heavy (non-hydrogen) atoms. The van der Waals surface area contributed by atoms with Crippen LogP contribution in [0.2, 0.25) is 0 Å². The zero-order valence-corrected chi connectivity index (χ0v) is 15.9. The van der Waals surface area contributed by atoms with Crippen molar-refractivity contribution in [2.75, 3.05) is 6.54 Å². The lowest BCUT2D eigenvalue weighted by Gasteiger charge is -2.17. The second-order valence-electron chi connectivity index (χ2n) is 4.82. The highest BCUT2D eigenvalue weighted by atomic mass is 79.9. The van der Waals surface area contributed by atoms with E-state index in [0.717, 1.165) is 29.6 Å². The minimum absolute atomic E-state index is 0.331. The number of aryl methyl sites for hydroxylation is 2. The number of thiophene rings is 1. The number of rotatable bonds is 6. The van der Waals surface area contributed by atoms with Gasteiger partial charge in [0.25, 0.3) is 0 Å². The normalized spacial score (nSPS) is 12.8. The van der Waals surface area contributed by atoms with Crippen molar-refractivity contribution in [1.82, 2.24) is 15.1 Å². The molecular formula is C14H19Br2N3S. The van der Waals surface area contributed by atoms with E-state index in [1.54, 1.807) is 11.3 Å². The maximum Gasteiger partial charge on any atom is 0.0738 e. The van der Waals surface area contributed by atoms with Gasteiger partial charge in [-0.25, -0.2) is 0 Å². The molecule has 3 nitrogen and oxygen atoms in total. The van der Waals surface area contributed by atoms with Crippen molar-refractivity contribution in [3.05, 3.63) is 36.7 Å². The molecule has 0 amide bonds. The number of aromatic nitrogens is 2. The van der Waals surface area contributed by atoms with Crippen molar-refractivity contribution in [2.45, 2.75) is 32.7 Å². The van der Waals surface area contributed by atoms with Gasteiger partial charge in [-0.1, -0.05) is 6.92 Å². The SMILES string of the molecule is CCCNC(Cc1c(Br)c(C)nn1C)c1ccc(Br)s1. The Bertz CT molecular complexity index is 577. The van der Waals surface area contributed by atoms with E-state index in [9.17, 15) is 0 Å². The van der Waals surface area contributed by atoms with Crippen LogP contribution in [-0.4, -0.2) is 16.3 Å². The lowest BCUT2D eigenvalue weighted by atomic mass is 10.1. The van der Waals surface area contributed by atoms with Gasteiger partial charge in [-0.15, -0.1) is 11.3 Å². The monoisotopic (exact) mass is 419 g/mol. The van der Waals surface area contributed by atoms with Crippen molar-refractivity contribution in [3.63, 3.8) is 0 Å². The van der Waals surface area contributed by atoms with Crippen LogP contribution in [0.5, 0.6) is 0 Å². The van der Waals surface area contributed by atoms with Crippen molar-refractivity contribution >= 4 is 43.2 Å². The Morgan fingerprint density at radius 1 is 1.40 bits per heavy atom. The summed E-state index contributed by atoms with van der Waals surface area (Å²) in [5.74, 6) is 0. The molecule has 0 aromatic carbocycles. The standard InChI is InChI=1S/C14H19Br2N3S/c1-4-7-17-10(12-5-6-13(15)20-12)8-11-14(16)9(2)18-19(11)3/h5-6,10,17H,4,7-8H2,1-3H3. The molecule has 110 valence electrons. The van der Waals surface area contributed by atoms with Crippen LogP contribution in [0.3, 0.4) is 0 Å². The summed E-state index contributed by atoms with van der Waals surface area (Å²) in [5, 5.41) is 8.12. The molecule has 2 aromatic rings. The van der Waals surface area contributed by atoms with Gasteiger partial charge >= 0.3 is 0 Å². The average Bonchev–Trinajstić information content (AvgIpc) is 2.93. The number of hydrogen-bond donors (Lipinski definition) is 1.